The molecule has 0 radical (unpaired) electrons. The van der Waals surface area contributed by atoms with Gasteiger partial charge in [0.1, 0.15) is 22.3 Å². The lowest BCUT2D eigenvalue weighted by molar-refractivity contribution is 0.668. The molecule has 3 nitrogen and oxygen atoms in total. The van der Waals surface area contributed by atoms with Crippen molar-refractivity contribution < 1.29 is 8.83 Å². The third kappa shape index (κ3) is 5.20. The average molecular weight is 704 g/mol. The van der Waals surface area contributed by atoms with Gasteiger partial charge >= 0.3 is 0 Å². The van der Waals surface area contributed by atoms with Gasteiger partial charge in [0.2, 0.25) is 0 Å². The van der Waals surface area contributed by atoms with Gasteiger partial charge in [0.15, 0.2) is 0 Å². The van der Waals surface area contributed by atoms with Crippen LogP contribution in [0.4, 0.5) is 17.1 Å². The highest BCUT2D eigenvalue weighted by Gasteiger charge is 2.20. The molecule has 0 aliphatic heterocycles. The summed E-state index contributed by atoms with van der Waals surface area (Å²) in [5, 5.41) is 6.95. The zero-order valence-electron chi connectivity index (χ0n) is 29.8. The first kappa shape index (κ1) is 31.2. The summed E-state index contributed by atoms with van der Waals surface area (Å²) in [6.45, 7) is 0. The van der Waals surface area contributed by atoms with Crippen LogP contribution in [0.2, 0.25) is 0 Å². The van der Waals surface area contributed by atoms with E-state index in [9.17, 15) is 0 Å². The van der Waals surface area contributed by atoms with Gasteiger partial charge in [-0.3, -0.25) is 0 Å². The number of nitrogens with zero attached hydrogens (tertiary/aromatic N) is 1. The van der Waals surface area contributed by atoms with Crippen molar-refractivity contribution in [2.24, 2.45) is 0 Å². The molecule has 0 atom stereocenters. The molecule has 2 heterocycles. The monoisotopic (exact) mass is 703 g/mol. The van der Waals surface area contributed by atoms with Crippen LogP contribution in [0.1, 0.15) is 0 Å². The van der Waals surface area contributed by atoms with Crippen LogP contribution in [0.15, 0.2) is 209 Å². The van der Waals surface area contributed by atoms with Gasteiger partial charge in [0, 0.05) is 27.5 Å². The number of hydrogen-bond donors (Lipinski definition) is 0. The van der Waals surface area contributed by atoms with E-state index >= 15 is 0 Å². The number of furan rings is 2. The van der Waals surface area contributed by atoms with Crippen molar-refractivity contribution in [1.29, 1.82) is 0 Å². The quantitative estimate of drug-likeness (QED) is 0.173. The lowest BCUT2D eigenvalue weighted by Gasteiger charge is -2.26. The van der Waals surface area contributed by atoms with Crippen LogP contribution >= 0.6 is 0 Å². The van der Waals surface area contributed by atoms with Gasteiger partial charge in [-0.25, -0.2) is 0 Å². The molecule has 0 bridgehead atoms. The fourth-order valence-corrected chi connectivity index (χ4v) is 8.32. The minimum atomic E-state index is 0.862. The highest BCUT2D eigenvalue weighted by molar-refractivity contribution is 6.14. The van der Waals surface area contributed by atoms with Gasteiger partial charge in [-0.15, -0.1) is 0 Å². The van der Waals surface area contributed by atoms with Crippen molar-refractivity contribution in [2.75, 3.05) is 4.90 Å². The molecule has 2 aromatic heterocycles. The number of fused-ring (bicyclic) bond motifs is 7. The largest absolute Gasteiger partial charge is 0.456 e. The van der Waals surface area contributed by atoms with Crippen LogP contribution in [0.3, 0.4) is 0 Å². The topological polar surface area (TPSA) is 29.5 Å². The molecule has 0 amide bonds. The van der Waals surface area contributed by atoms with Crippen LogP contribution in [-0.2, 0) is 0 Å². The SMILES string of the molecule is c1cc(-c2ccc(N(c3ccc(-c4cccc5oc6ccccc6c45)cc3)c3cccc4oc5ccccc5c34)cc2)cc(-c2cccc3ccccc23)c1. The number of para-hydroxylation sites is 2. The normalized spacial score (nSPS) is 11.6. The summed E-state index contributed by atoms with van der Waals surface area (Å²) in [4.78, 5) is 2.35. The second-order valence-corrected chi connectivity index (χ2v) is 14.1. The standard InChI is InChI=1S/C52H33NO2/c1-2-15-41-35(11-1)12-8-18-42(41)38-14-7-13-37(33-38)34-25-29-39(30-26-34)53(46-20-10-24-50-52(46)45-17-4-6-22-48(45)55-50)40-31-27-36(28-32-40)43-19-9-23-49-51(43)44-16-3-5-21-47(44)54-49/h1-33H. The molecular formula is C52H33NO2. The van der Waals surface area contributed by atoms with Gasteiger partial charge in [-0.1, -0.05) is 140 Å². The molecule has 11 rings (SSSR count). The molecule has 0 saturated heterocycles. The Labute approximate surface area is 317 Å². The number of benzene rings is 9. The molecule has 3 heteroatoms. The van der Waals surface area contributed by atoms with Crippen molar-refractivity contribution in [3.63, 3.8) is 0 Å². The summed E-state index contributed by atoms with van der Waals surface area (Å²) < 4.78 is 12.6. The molecule has 0 spiro atoms. The fraction of sp³-hybridized carbons (Fsp3) is 0. The summed E-state index contributed by atoms with van der Waals surface area (Å²) in [5.74, 6) is 0. The minimum Gasteiger partial charge on any atom is -0.456 e. The second kappa shape index (κ2) is 12.6. The summed E-state index contributed by atoms with van der Waals surface area (Å²) in [6, 6.07) is 71.0. The van der Waals surface area contributed by atoms with Gasteiger partial charge in [-0.2, -0.15) is 0 Å². The molecule has 258 valence electrons. The molecule has 9 aromatic carbocycles. The zero-order chi connectivity index (χ0) is 36.3. The predicted octanol–water partition coefficient (Wildman–Crippen LogP) is 15.1. The first-order valence-corrected chi connectivity index (χ1v) is 18.7. The summed E-state index contributed by atoms with van der Waals surface area (Å²) >= 11 is 0. The molecule has 0 aliphatic rings. The van der Waals surface area contributed by atoms with Gasteiger partial charge < -0.3 is 13.7 Å². The smallest absolute Gasteiger partial charge is 0.137 e. The lowest BCUT2D eigenvalue weighted by Crippen LogP contribution is -2.10. The molecule has 0 N–H and O–H groups in total. The van der Waals surface area contributed by atoms with E-state index in [2.05, 4.69) is 175 Å². The third-order valence-corrected chi connectivity index (χ3v) is 10.9. The van der Waals surface area contributed by atoms with Crippen molar-refractivity contribution >= 4 is 71.7 Å². The lowest BCUT2D eigenvalue weighted by atomic mass is 9.95. The van der Waals surface area contributed by atoms with E-state index in [0.29, 0.717) is 0 Å². The third-order valence-electron chi connectivity index (χ3n) is 10.9. The Hall–Kier alpha value is -7.36. The number of hydrogen-bond acceptors (Lipinski definition) is 3. The van der Waals surface area contributed by atoms with Crippen LogP contribution in [0.25, 0.3) is 88.0 Å². The van der Waals surface area contributed by atoms with Crippen LogP contribution in [-0.4, -0.2) is 0 Å². The number of anilines is 3. The second-order valence-electron chi connectivity index (χ2n) is 14.1. The fourth-order valence-electron chi connectivity index (χ4n) is 8.32. The molecular weight excluding hydrogens is 671 g/mol. The van der Waals surface area contributed by atoms with Crippen LogP contribution in [0.5, 0.6) is 0 Å². The van der Waals surface area contributed by atoms with Crippen LogP contribution in [0, 0.1) is 0 Å². The molecule has 0 aliphatic carbocycles. The molecule has 0 unspecified atom stereocenters. The van der Waals surface area contributed by atoms with Crippen molar-refractivity contribution in [3.8, 4) is 33.4 Å². The van der Waals surface area contributed by atoms with E-state index in [0.717, 1.165) is 77.6 Å². The van der Waals surface area contributed by atoms with E-state index in [1.54, 1.807) is 0 Å². The van der Waals surface area contributed by atoms with Gasteiger partial charge in [0.05, 0.1) is 11.1 Å². The van der Waals surface area contributed by atoms with E-state index in [-0.39, 0.29) is 0 Å². The Bertz CT molecular complexity index is 3200. The van der Waals surface area contributed by atoms with Crippen molar-refractivity contribution in [2.45, 2.75) is 0 Å². The van der Waals surface area contributed by atoms with E-state index < -0.39 is 0 Å². The maximum atomic E-state index is 6.38. The molecule has 0 fully saturated rings. The summed E-state index contributed by atoms with van der Waals surface area (Å²) in [6.07, 6.45) is 0. The molecule has 55 heavy (non-hydrogen) atoms. The first-order chi connectivity index (χ1) is 27.3. The molecule has 0 saturated carbocycles. The Morgan fingerprint density at radius 1 is 0.309 bits per heavy atom. The summed E-state index contributed by atoms with van der Waals surface area (Å²) in [5.41, 5.74) is 13.8. The Morgan fingerprint density at radius 3 is 1.56 bits per heavy atom. The van der Waals surface area contributed by atoms with E-state index in [1.807, 2.05) is 30.3 Å². The zero-order valence-corrected chi connectivity index (χ0v) is 29.8. The van der Waals surface area contributed by atoms with Crippen LogP contribution < -0.4 is 4.90 Å². The predicted molar refractivity (Wildman–Crippen MR) is 229 cm³/mol. The number of rotatable bonds is 6. The van der Waals surface area contributed by atoms with Crippen molar-refractivity contribution in [1.82, 2.24) is 0 Å². The molecule has 11 aromatic rings. The first-order valence-electron chi connectivity index (χ1n) is 18.7. The van der Waals surface area contributed by atoms with E-state index in [4.69, 9.17) is 8.83 Å². The highest BCUT2D eigenvalue weighted by Crippen LogP contribution is 2.44. The Balaban J connectivity index is 1.03. The van der Waals surface area contributed by atoms with Gasteiger partial charge in [0.25, 0.3) is 0 Å². The maximum absolute atomic E-state index is 6.38. The Morgan fingerprint density at radius 2 is 0.818 bits per heavy atom. The van der Waals surface area contributed by atoms with Gasteiger partial charge in [-0.05, 0) is 105 Å². The summed E-state index contributed by atoms with van der Waals surface area (Å²) in [7, 11) is 0. The van der Waals surface area contributed by atoms with E-state index in [1.165, 1.54) is 27.5 Å². The Kier molecular flexibility index (Phi) is 7.17. The minimum absolute atomic E-state index is 0.862. The maximum Gasteiger partial charge on any atom is 0.137 e. The van der Waals surface area contributed by atoms with Crippen molar-refractivity contribution in [3.05, 3.63) is 200 Å². The average Bonchev–Trinajstić information content (AvgIpc) is 3.83. The highest BCUT2D eigenvalue weighted by atomic mass is 16.3.